The molecule has 1 aliphatic rings. The maximum atomic E-state index is 13.3. The number of thioether (sulfide) groups is 1. The van der Waals surface area contributed by atoms with Gasteiger partial charge in [0.2, 0.25) is 0 Å². The summed E-state index contributed by atoms with van der Waals surface area (Å²) in [5, 5.41) is 5.02. The lowest BCUT2D eigenvalue weighted by Crippen LogP contribution is -2.34. The standard InChI is InChI=1S/C24H27N3O2S/c1-17-8-4-5-9-18(17)23-12-13-27(14-15-30-23)24(28)21-16-20(25-26(21)2)19-10-6-7-11-22(19)29-3/h4-11,16,23H,12-15H2,1-3H3. The highest BCUT2D eigenvalue weighted by molar-refractivity contribution is 7.99. The van der Waals surface area contributed by atoms with Crippen LogP contribution in [0.15, 0.2) is 54.6 Å². The molecule has 4 rings (SSSR count). The minimum Gasteiger partial charge on any atom is -0.496 e. The molecule has 0 aliphatic carbocycles. The van der Waals surface area contributed by atoms with Crippen LogP contribution in [0.25, 0.3) is 11.3 Å². The zero-order valence-electron chi connectivity index (χ0n) is 17.7. The summed E-state index contributed by atoms with van der Waals surface area (Å²) in [6.45, 7) is 3.67. The minimum atomic E-state index is 0.0391. The largest absolute Gasteiger partial charge is 0.496 e. The van der Waals surface area contributed by atoms with Crippen molar-refractivity contribution >= 4 is 17.7 Å². The van der Waals surface area contributed by atoms with E-state index in [1.165, 1.54) is 11.1 Å². The summed E-state index contributed by atoms with van der Waals surface area (Å²) in [4.78, 5) is 15.3. The van der Waals surface area contributed by atoms with Crippen LogP contribution in [0.3, 0.4) is 0 Å². The van der Waals surface area contributed by atoms with Crippen LogP contribution in [0.5, 0.6) is 5.75 Å². The van der Waals surface area contributed by atoms with Crippen LogP contribution in [0.4, 0.5) is 0 Å². The Labute approximate surface area is 182 Å². The van der Waals surface area contributed by atoms with Gasteiger partial charge in [-0.05, 0) is 42.7 Å². The van der Waals surface area contributed by atoms with Crippen LogP contribution in [-0.4, -0.2) is 46.5 Å². The number of carbonyl (C=O) groups excluding carboxylic acids is 1. The number of nitrogens with zero attached hydrogens (tertiary/aromatic N) is 3. The summed E-state index contributed by atoms with van der Waals surface area (Å²) < 4.78 is 7.14. The summed E-state index contributed by atoms with van der Waals surface area (Å²) in [5.74, 6) is 1.72. The number of carbonyl (C=O) groups is 1. The summed E-state index contributed by atoms with van der Waals surface area (Å²) in [6.07, 6.45) is 0.957. The molecule has 0 bridgehead atoms. The molecule has 5 nitrogen and oxygen atoms in total. The summed E-state index contributed by atoms with van der Waals surface area (Å²) in [7, 11) is 3.47. The van der Waals surface area contributed by atoms with Gasteiger partial charge in [0.25, 0.3) is 5.91 Å². The maximum Gasteiger partial charge on any atom is 0.272 e. The van der Waals surface area contributed by atoms with Crippen molar-refractivity contribution in [3.8, 4) is 17.0 Å². The van der Waals surface area contributed by atoms with Crippen molar-refractivity contribution in [2.24, 2.45) is 7.05 Å². The molecule has 1 atom stereocenters. The van der Waals surface area contributed by atoms with Crippen LogP contribution in [0.1, 0.15) is 33.3 Å². The Kier molecular flexibility index (Phi) is 6.13. The van der Waals surface area contributed by atoms with E-state index in [-0.39, 0.29) is 5.91 Å². The molecule has 1 saturated heterocycles. The number of hydrogen-bond donors (Lipinski definition) is 0. The van der Waals surface area contributed by atoms with Crippen molar-refractivity contribution < 1.29 is 9.53 Å². The average molecular weight is 422 g/mol. The van der Waals surface area contributed by atoms with E-state index < -0.39 is 0 Å². The van der Waals surface area contributed by atoms with E-state index in [9.17, 15) is 4.79 Å². The number of benzene rings is 2. The highest BCUT2D eigenvalue weighted by atomic mass is 32.2. The van der Waals surface area contributed by atoms with E-state index in [0.29, 0.717) is 10.9 Å². The number of para-hydroxylation sites is 1. The first-order valence-electron chi connectivity index (χ1n) is 10.2. The topological polar surface area (TPSA) is 47.4 Å². The molecule has 1 unspecified atom stereocenters. The molecule has 30 heavy (non-hydrogen) atoms. The van der Waals surface area contributed by atoms with Gasteiger partial charge in [0.15, 0.2) is 0 Å². The zero-order chi connectivity index (χ0) is 21.1. The molecule has 0 radical (unpaired) electrons. The molecular weight excluding hydrogens is 394 g/mol. The van der Waals surface area contributed by atoms with Gasteiger partial charge in [0.1, 0.15) is 11.4 Å². The molecule has 0 saturated carbocycles. The van der Waals surface area contributed by atoms with E-state index in [4.69, 9.17) is 4.74 Å². The smallest absolute Gasteiger partial charge is 0.272 e. The zero-order valence-corrected chi connectivity index (χ0v) is 18.5. The van der Waals surface area contributed by atoms with Crippen molar-refractivity contribution in [3.63, 3.8) is 0 Å². The molecule has 1 amide bonds. The highest BCUT2D eigenvalue weighted by Gasteiger charge is 2.26. The molecular formula is C24H27N3O2S. The van der Waals surface area contributed by atoms with Gasteiger partial charge in [0, 0.05) is 36.7 Å². The monoisotopic (exact) mass is 421 g/mol. The van der Waals surface area contributed by atoms with Gasteiger partial charge in [-0.3, -0.25) is 9.48 Å². The van der Waals surface area contributed by atoms with Crippen LogP contribution < -0.4 is 4.74 Å². The van der Waals surface area contributed by atoms with E-state index in [1.807, 2.05) is 54.0 Å². The van der Waals surface area contributed by atoms with Gasteiger partial charge in [-0.15, -0.1) is 0 Å². The predicted octanol–water partition coefficient (Wildman–Crippen LogP) is 4.72. The number of aromatic nitrogens is 2. The molecule has 3 aromatic rings. The van der Waals surface area contributed by atoms with Crippen molar-refractivity contribution in [3.05, 3.63) is 71.4 Å². The first-order valence-corrected chi connectivity index (χ1v) is 11.3. The van der Waals surface area contributed by atoms with Crippen LogP contribution in [0.2, 0.25) is 0 Å². The third-order valence-corrected chi connectivity index (χ3v) is 6.96. The second-order valence-corrected chi connectivity index (χ2v) is 8.85. The average Bonchev–Trinajstić information content (AvgIpc) is 2.99. The van der Waals surface area contributed by atoms with E-state index in [1.54, 1.807) is 11.8 Å². The fourth-order valence-electron chi connectivity index (χ4n) is 3.99. The molecule has 1 aliphatic heterocycles. The number of ether oxygens (including phenoxy) is 1. The third kappa shape index (κ3) is 4.10. The summed E-state index contributed by atoms with van der Waals surface area (Å²) >= 11 is 1.95. The minimum absolute atomic E-state index is 0.0391. The Morgan fingerprint density at radius 3 is 2.70 bits per heavy atom. The fourth-order valence-corrected chi connectivity index (χ4v) is 5.31. The SMILES string of the molecule is COc1ccccc1-c1cc(C(=O)N2CCSC(c3ccccc3C)CC2)n(C)n1. The second kappa shape index (κ2) is 8.96. The molecule has 0 spiro atoms. The maximum absolute atomic E-state index is 13.3. The van der Waals surface area contributed by atoms with E-state index >= 15 is 0 Å². The Bertz CT molecular complexity index is 1050. The number of methoxy groups -OCH3 is 1. The molecule has 6 heteroatoms. The van der Waals surface area contributed by atoms with Crippen molar-refractivity contribution in [1.82, 2.24) is 14.7 Å². The Balaban J connectivity index is 1.52. The first kappa shape index (κ1) is 20.5. The number of rotatable bonds is 4. The van der Waals surface area contributed by atoms with Crippen LogP contribution >= 0.6 is 11.8 Å². The molecule has 2 aromatic carbocycles. The lowest BCUT2D eigenvalue weighted by molar-refractivity contribution is 0.0755. The van der Waals surface area contributed by atoms with Gasteiger partial charge in [-0.1, -0.05) is 36.4 Å². The quantitative estimate of drug-likeness (QED) is 0.611. The molecule has 156 valence electrons. The van der Waals surface area contributed by atoms with Gasteiger partial charge in [-0.25, -0.2) is 0 Å². The van der Waals surface area contributed by atoms with Crippen molar-refractivity contribution in [1.29, 1.82) is 0 Å². The fraction of sp³-hybridized carbons (Fsp3) is 0.333. The number of amides is 1. The van der Waals surface area contributed by atoms with Crippen molar-refractivity contribution in [2.45, 2.75) is 18.6 Å². The van der Waals surface area contributed by atoms with Crippen LogP contribution in [0, 0.1) is 6.92 Å². The second-order valence-electron chi connectivity index (χ2n) is 7.54. The van der Waals surface area contributed by atoms with Crippen LogP contribution in [-0.2, 0) is 7.05 Å². The van der Waals surface area contributed by atoms with E-state index in [0.717, 1.165) is 42.3 Å². The van der Waals surface area contributed by atoms with Crippen molar-refractivity contribution in [2.75, 3.05) is 26.0 Å². The molecule has 0 N–H and O–H groups in total. The normalized spacial score (nSPS) is 16.9. The molecule has 2 heterocycles. The van der Waals surface area contributed by atoms with Gasteiger partial charge in [-0.2, -0.15) is 16.9 Å². The van der Waals surface area contributed by atoms with Gasteiger partial charge < -0.3 is 9.64 Å². The molecule has 1 aromatic heterocycles. The Morgan fingerprint density at radius 1 is 1.13 bits per heavy atom. The van der Waals surface area contributed by atoms with Gasteiger partial charge in [0.05, 0.1) is 12.8 Å². The lowest BCUT2D eigenvalue weighted by Gasteiger charge is -2.20. The Morgan fingerprint density at radius 2 is 1.90 bits per heavy atom. The van der Waals surface area contributed by atoms with E-state index in [2.05, 4.69) is 36.3 Å². The lowest BCUT2D eigenvalue weighted by atomic mass is 10.0. The third-order valence-electron chi connectivity index (χ3n) is 5.65. The first-order chi connectivity index (χ1) is 14.6. The molecule has 1 fully saturated rings. The van der Waals surface area contributed by atoms with Gasteiger partial charge >= 0.3 is 0 Å². The number of hydrogen-bond acceptors (Lipinski definition) is 4. The predicted molar refractivity (Wildman–Crippen MR) is 122 cm³/mol. The number of aryl methyl sites for hydroxylation is 2. The summed E-state index contributed by atoms with van der Waals surface area (Å²) in [5.41, 5.74) is 4.95. The summed E-state index contributed by atoms with van der Waals surface area (Å²) in [6, 6.07) is 18.2. The Hall–Kier alpha value is -2.73. The highest BCUT2D eigenvalue weighted by Crippen LogP contribution is 2.36.